The van der Waals surface area contributed by atoms with Crippen LogP contribution in [0.25, 0.3) is 10.4 Å². The molecule has 0 unspecified atom stereocenters. The first kappa shape index (κ1) is 10.7. The van der Waals surface area contributed by atoms with Gasteiger partial charge in [0.05, 0.1) is 16.5 Å². The summed E-state index contributed by atoms with van der Waals surface area (Å²) in [5.74, 6) is 1.03. The monoisotopic (exact) mass is 246 g/mol. The van der Waals surface area contributed by atoms with Gasteiger partial charge in [0, 0.05) is 19.0 Å². The van der Waals surface area contributed by atoms with Gasteiger partial charge in [-0.05, 0) is 35.9 Å². The first-order valence-corrected chi connectivity index (χ1v) is 6.59. The molecular formula is C13H14N2OS. The molecule has 2 heterocycles. The predicted octanol–water partition coefficient (Wildman–Crippen LogP) is 2.25. The third-order valence-electron chi connectivity index (χ3n) is 2.89. The number of benzene rings is 1. The van der Waals surface area contributed by atoms with Gasteiger partial charge < -0.3 is 10.5 Å². The summed E-state index contributed by atoms with van der Waals surface area (Å²) in [6.07, 6.45) is 3.81. The van der Waals surface area contributed by atoms with E-state index in [2.05, 4.69) is 23.2 Å². The number of thiazole rings is 1. The number of nitrogens with two attached hydrogens (primary N) is 1. The zero-order valence-corrected chi connectivity index (χ0v) is 10.3. The quantitative estimate of drug-likeness (QED) is 0.903. The van der Waals surface area contributed by atoms with Crippen molar-refractivity contribution in [3.05, 3.63) is 35.0 Å². The highest BCUT2D eigenvalue weighted by Crippen LogP contribution is 2.32. The first-order chi connectivity index (χ1) is 8.36. The van der Waals surface area contributed by atoms with Crippen molar-refractivity contribution in [1.29, 1.82) is 0 Å². The molecule has 0 saturated carbocycles. The summed E-state index contributed by atoms with van der Waals surface area (Å²) in [4.78, 5) is 5.59. The van der Waals surface area contributed by atoms with Crippen molar-refractivity contribution < 1.29 is 4.74 Å². The summed E-state index contributed by atoms with van der Waals surface area (Å²) in [5.41, 5.74) is 8.07. The second-order valence-corrected chi connectivity index (χ2v) is 5.19. The van der Waals surface area contributed by atoms with Gasteiger partial charge in [-0.25, -0.2) is 4.98 Å². The third-order valence-corrected chi connectivity index (χ3v) is 3.99. The van der Waals surface area contributed by atoms with Gasteiger partial charge in [-0.15, -0.1) is 11.3 Å². The molecule has 1 aliphatic heterocycles. The third kappa shape index (κ3) is 2.06. The van der Waals surface area contributed by atoms with Crippen LogP contribution in [0.2, 0.25) is 0 Å². The SMILES string of the molecule is NCCc1ncc(-c2ccc3c(c2)CCO3)s1. The molecule has 2 aromatic rings. The van der Waals surface area contributed by atoms with Crippen molar-refractivity contribution in [3.8, 4) is 16.2 Å². The number of aromatic nitrogens is 1. The zero-order valence-electron chi connectivity index (χ0n) is 9.48. The van der Waals surface area contributed by atoms with Crippen molar-refractivity contribution in [2.75, 3.05) is 13.2 Å². The summed E-state index contributed by atoms with van der Waals surface area (Å²) in [6, 6.07) is 6.37. The Hall–Kier alpha value is -1.39. The Labute approximate surface area is 104 Å². The molecule has 3 nitrogen and oxygen atoms in total. The summed E-state index contributed by atoms with van der Waals surface area (Å²) in [7, 11) is 0. The highest BCUT2D eigenvalue weighted by atomic mass is 32.1. The van der Waals surface area contributed by atoms with Crippen molar-refractivity contribution in [3.63, 3.8) is 0 Å². The second-order valence-electron chi connectivity index (χ2n) is 4.08. The molecular weight excluding hydrogens is 232 g/mol. The predicted molar refractivity (Wildman–Crippen MR) is 69.5 cm³/mol. The summed E-state index contributed by atoms with van der Waals surface area (Å²) in [5, 5.41) is 1.11. The van der Waals surface area contributed by atoms with E-state index in [0.717, 1.165) is 30.2 Å². The average molecular weight is 246 g/mol. The number of nitrogens with zero attached hydrogens (tertiary/aromatic N) is 1. The first-order valence-electron chi connectivity index (χ1n) is 5.77. The van der Waals surface area contributed by atoms with Crippen LogP contribution in [-0.4, -0.2) is 18.1 Å². The number of hydrogen-bond donors (Lipinski definition) is 1. The van der Waals surface area contributed by atoms with Crippen molar-refractivity contribution >= 4 is 11.3 Å². The lowest BCUT2D eigenvalue weighted by Crippen LogP contribution is -2.01. The number of hydrogen-bond acceptors (Lipinski definition) is 4. The van der Waals surface area contributed by atoms with Crippen LogP contribution in [0.3, 0.4) is 0 Å². The maximum Gasteiger partial charge on any atom is 0.122 e. The molecule has 1 aromatic heterocycles. The molecule has 0 saturated heterocycles. The molecule has 0 radical (unpaired) electrons. The zero-order chi connectivity index (χ0) is 11.7. The largest absolute Gasteiger partial charge is 0.493 e. The molecule has 3 rings (SSSR count). The van der Waals surface area contributed by atoms with Gasteiger partial charge in [0.2, 0.25) is 0 Å². The van der Waals surface area contributed by atoms with Gasteiger partial charge >= 0.3 is 0 Å². The fourth-order valence-electron chi connectivity index (χ4n) is 2.02. The number of ether oxygens (including phenoxy) is 1. The van der Waals surface area contributed by atoms with E-state index in [1.165, 1.54) is 16.0 Å². The molecule has 0 fully saturated rings. The van der Waals surface area contributed by atoms with E-state index in [9.17, 15) is 0 Å². The van der Waals surface area contributed by atoms with Crippen molar-refractivity contribution in [2.24, 2.45) is 5.73 Å². The Bertz CT molecular complexity index is 536. The van der Waals surface area contributed by atoms with Gasteiger partial charge in [-0.2, -0.15) is 0 Å². The second kappa shape index (κ2) is 4.47. The Morgan fingerprint density at radius 3 is 3.24 bits per heavy atom. The highest BCUT2D eigenvalue weighted by Gasteiger charge is 2.13. The molecule has 88 valence electrons. The van der Waals surface area contributed by atoms with E-state index in [4.69, 9.17) is 10.5 Å². The minimum absolute atomic E-state index is 0.658. The minimum Gasteiger partial charge on any atom is -0.493 e. The Morgan fingerprint density at radius 1 is 1.41 bits per heavy atom. The van der Waals surface area contributed by atoms with Crippen LogP contribution in [0.15, 0.2) is 24.4 Å². The van der Waals surface area contributed by atoms with Gasteiger partial charge in [0.15, 0.2) is 0 Å². The van der Waals surface area contributed by atoms with E-state index in [1.54, 1.807) is 11.3 Å². The normalized spacial score (nSPS) is 13.5. The lowest BCUT2D eigenvalue weighted by atomic mass is 10.1. The lowest BCUT2D eigenvalue weighted by Gasteiger charge is -2.01. The van der Waals surface area contributed by atoms with Crippen LogP contribution in [-0.2, 0) is 12.8 Å². The van der Waals surface area contributed by atoms with E-state index in [0.29, 0.717) is 6.54 Å². The summed E-state index contributed by atoms with van der Waals surface area (Å²) >= 11 is 1.72. The Morgan fingerprint density at radius 2 is 2.35 bits per heavy atom. The van der Waals surface area contributed by atoms with Crippen molar-refractivity contribution in [2.45, 2.75) is 12.8 Å². The molecule has 0 atom stereocenters. The molecule has 0 amide bonds. The highest BCUT2D eigenvalue weighted by molar-refractivity contribution is 7.15. The number of fused-ring (bicyclic) bond motifs is 1. The van der Waals surface area contributed by atoms with Gasteiger partial charge in [-0.1, -0.05) is 0 Å². The molecule has 1 aromatic carbocycles. The molecule has 2 N–H and O–H groups in total. The maximum atomic E-state index is 5.53. The molecule has 4 heteroatoms. The van der Waals surface area contributed by atoms with E-state index >= 15 is 0 Å². The molecule has 17 heavy (non-hydrogen) atoms. The van der Waals surface area contributed by atoms with Gasteiger partial charge in [-0.3, -0.25) is 0 Å². The van der Waals surface area contributed by atoms with Crippen LogP contribution in [0.4, 0.5) is 0 Å². The smallest absolute Gasteiger partial charge is 0.122 e. The van der Waals surface area contributed by atoms with E-state index < -0.39 is 0 Å². The van der Waals surface area contributed by atoms with Crippen LogP contribution < -0.4 is 10.5 Å². The van der Waals surface area contributed by atoms with Crippen LogP contribution >= 0.6 is 11.3 Å². The van der Waals surface area contributed by atoms with Crippen LogP contribution in [0.5, 0.6) is 5.75 Å². The molecule has 0 bridgehead atoms. The van der Waals surface area contributed by atoms with Gasteiger partial charge in [0.25, 0.3) is 0 Å². The van der Waals surface area contributed by atoms with Crippen LogP contribution in [0.1, 0.15) is 10.6 Å². The fraction of sp³-hybridized carbons (Fsp3) is 0.308. The van der Waals surface area contributed by atoms with E-state index in [-0.39, 0.29) is 0 Å². The standard InChI is InChI=1S/C13H14N2OS/c14-5-3-13-15-8-12(17-13)10-1-2-11-9(7-10)4-6-16-11/h1-2,7-8H,3-6,14H2. The topological polar surface area (TPSA) is 48.1 Å². The molecule has 0 spiro atoms. The fourth-order valence-corrected chi connectivity index (χ4v) is 2.95. The average Bonchev–Trinajstić information content (AvgIpc) is 2.96. The summed E-state index contributed by atoms with van der Waals surface area (Å²) < 4.78 is 5.50. The van der Waals surface area contributed by atoms with Gasteiger partial charge in [0.1, 0.15) is 5.75 Å². The Balaban J connectivity index is 1.92. The van der Waals surface area contributed by atoms with E-state index in [1.807, 2.05) is 6.20 Å². The molecule has 0 aliphatic carbocycles. The molecule has 1 aliphatic rings. The Kier molecular flexibility index (Phi) is 2.82. The summed E-state index contributed by atoms with van der Waals surface area (Å²) in [6.45, 7) is 1.46. The lowest BCUT2D eigenvalue weighted by molar-refractivity contribution is 0.357. The van der Waals surface area contributed by atoms with Crippen LogP contribution in [0, 0.1) is 0 Å². The minimum atomic E-state index is 0.658. The maximum absolute atomic E-state index is 5.53. The van der Waals surface area contributed by atoms with Crippen molar-refractivity contribution in [1.82, 2.24) is 4.98 Å². The number of rotatable bonds is 3.